The zero-order chi connectivity index (χ0) is 13.1. The summed E-state index contributed by atoms with van der Waals surface area (Å²) in [4.78, 5) is 14.2. The molecule has 1 fully saturated rings. The van der Waals surface area contributed by atoms with Crippen molar-refractivity contribution >= 4 is 11.6 Å². The molecule has 0 aliphatic carbocycles. The Morgan fingerprint density at radius 1 is 1.56 bits per heavy atom. The van der Waals surface area contributed by atoms with Gasteiger partial charge in [0.15, 0.2) is 0 Å². The number of aromatic hydroxyl groups is 1. The second-order valence-corrected chi connectivity index (χ2v) is 4.74. The Balaban J connectivity index is 2.26. The van der Waals surface area contributed by atoms with Gasteiger partial charge >= 0.3 is 0 Å². The van der Waals surface area contributed by atoms with E-state index in [-0.39, 0.29) is 17.6 Å². The van der Waals surface area contributed by atoms with E-state index < -0.39 is 0 Å². The molecule has 2 rings (SSSR count). The Labute approximate surface area is 108 Å². The molecular formula is C14H20N2O2. The number of amides is 1. The van der Waals surface area contributed by atoms with Gasteiger partial charge in [-0.1, -0.05) is 6.07 Å². The Morgan fingerprint density at radius 3 is 2.94 bits per heavy atom. The van der Waals surface area contributed by atoms with E-state index in [0.29, 0.717) is 6.54 Å². The number of phenols is 1. The molecule has 18 heavy (non-hydrogen) atoms. The standard InChI is InChI=1S/C14H20N2O2/c1-3-16(14(18)11-6-7-15-9-11)13-8-12(17)5-4-10(13)2/h4-5,8,11,15,17H,3,6-7,9H2,1-2H3. The zero-order valence-electron chi connectivity index (χ0n) is 10.9. The van der Waals surface area contributed by atoms with E-state index in [1.165, 1.54) is 0 Å². The van der Waals surface area contributed by atoms with Crippen LogP contribution >= 0.6 is 0 Å². The average Bonchev–Trinajstić information content (AvgIpc) is 2.88. The molecule has 1 aromatic carbocycles. The third-order valence-corrected chi connectivity index (χ3v) is 3.48. The van der Waals surface area contributed by atoms with E-state index in [2.05, 4.69) is 5.32 Å². The van der Waals surface area contributed by atoms with Gasteiger partial charge in [-0.15, -0.1) is 0 Å². The smallest absolute Gasteiger partial charge is 0.231 e. The van der Waals surface area contributed by atoms with E-state index in [1.807, 2.05) is 19.9 Å². The fourth-order valence-electron chi connectivity index (χ4n) is 2.42. The van der Waals surface area contributed by atoms with Gasteiger partial charge < -0.3 is 15.3 Å². The van der Waals surface area contributed by atoms with Crippen LogP contribution in [-0.2, 0) is 4.79 Å². The molecule has 1 saturated heterocycles. The summed E-state index contributed by atoms with van der Waals surface area (Å²) in [6, 6.07) is 5.15. The maximum absolute atomic E-state index is 12.4. The number of hydrogen-bond acceptors (Lipinski definition) is 3. The Bertz CT molecular complexity index is 439. The highest BCUT2D eigenvalue weighted by Crippen LogP contribution is 2.27. The van der Waals surface area contributed by atoms with Gasteiger partial charge in [0, 0.05) is 19.2 Å². The maximum Gasteiger partial charge on any atom is 0.231 e. The first-order valence-corrected chi connectivity index (χ1v) is 6.45. The molecule has 0 bridgehead atoms. The lowest BCUT2D eigenvalue weighted by atomic mass is 10.1. The van der Waals surface area contributed by atoms with Crippen molar-refractivity contribution in [3.05, 3.63) is 23.8 Å². The monoisotopic (exact) mass is 248 g/mol. The van der Waals surface area contributed by atoms with Gasteiger partial charge in [-0.3, -0.25) is 4.79 Å². The predicted molar refractivity (Wildman–Crippen MR) is 71.8 cm³/mol. The molecule has 1 aliphatic heterocycles. The van der Waals surface area contributed by atoms with Crippen molar-refractivity contribution in [1.82, 2.24) is 5.32 Å². The van der Waals surface area contributed by atoms with Gasteiger partial charge in [0.25, 0.3) is 0 Å². The Morgan fingerprint density at radius 2 is 2.33 bits per heavy atom. The minimum absolute atomic E-state index is 0.0618. The van der Waals surface area contributed by atoms with E-state index in [4.69, 9.17) is 0 Å². The summed E-state index contributed by atoms with van der Waals surface area (Å²) in [6.07, 6.45) is 0.896. The van der Waals surface area contributed by atoms with Gasteiger partial charge in [-0.2, -0.15) is 0 Å². The highest BCUT2D eigenvalue weighted by atomic mass is 16.3. The SMILES string of the molecule is CCN(C(=O)C1CCNC1)c1cc(O)ccc1C. The van der Waals surface area contributed by atoms with Gasteiger partial charge in [0.2, 0.25) is 5.91 Å². The summed E-state index contributed by atoms with van der Waals surface area (Å²) in [7, 11) is 0. The number of anilines is 1. The number of nitrogens with zero attached hydrogens (tertiary/aromatic N) is 1. The number of nitrogens with one attached hydrogen (secondary N) is 1. The zero-order valence-corrected chi connectivity index (χ0v) is 10.9. The molecule has 0 radical (unpaired) electrons. The molecule has 1 atom stereocenters. The van der Waals surface area contributed by atoms with E-state index in [9.17, 15) is 9.90 Å². The minimum Gasteiger partial charge on any atom is -0.508 e. The highest BCUT2D eigenvalue weighted by Gasteiger charge is 2.27. The second-order valence-electron chi connectivity index (χ2n) is 4.74. The van der Waals surface area contributed by atoms with Crippen molar-refractivity contribution in [2.45, 2.75) is 20.3 Å². The fourth-order valence-corrected chi connectivity index (χ4v) is 2.42. The van der Waals surface area contributed by atoms with Gasteiger partial charge in [0.05, 0.1) is 11.6 Å². The minimum atomic E-state index is 0.0618. The molecule has 1 aliphatic rings. The lowest BCUT2D eigenvalue weighted by Crippen LogP contribution is -2.37. The molecule has 98 valence electrons. The summed E-state index contributed by atoms with van der Waals surface area (Å²) >= 11 is 0. The van der Waals surface area contributed by atoms with E-state index >= 15 is 0 Å². The summed E-state index contributed by atoms with van der Waals surface area (Å²) in [5.41, 5.74) is 1.82. The van der Waals surface area contributed by atoms with E-state index in [0.717, 1.165) is 30.8 Å². The van der Waals surface area contributed by atoms with Crippen LogP contribution in [0.3, 0.4) is 0 Å². The van der Waals surface area contributed by atoms with Crippen LogP contribution in [0, 0.1) is 12.8 Å². The Kier molecular flexibility index (Phi) is 3.87. The number of phenolic OH excluding ortho intramolecular Hbond substituents is 1. The first-order chi connectivity index (χ1) is 8.63. The van der Waals surface area contributed by atoms with Gasteiger partial charge in [-0.05, 0) is 38.4 Å². The van der Waals surface area contributed by atoms with Crippen molar-refractivity contribution in [2.24, 2.45) is 5.92 Å². The van der Waals surface area contributed by atoms with E-state index in [1.54, 1.807) is 17.0 Å². The number of benzene rings is 1. The van der Waals surface area contributed by atoms with Gasteiger partial charge in [0.1, 0.15) is 5.75 Å². The lowest BCUT2D eigenvalue weighted by molar-refractivity contribution is -0.121. The number of rotatable bonds is 3. The van der Waals surface area contributed by atoms with Crippen molar-refractivity contribution in [3.8, 4) is 5.75 Å². The van der Waals surface area contributed by atoms with Gasteiger partial charge in [-0.25, -0.2) is 0 Å². The van der Waals surface area contributed by atoms with Crippen LogP contribution in [0.2, 0.25) is 0 Å². The van der Waals surface area contributed by atoms with Crippen LogP contribution < -0.4 is 10.2 Å². The summed E-state index contributed by atoms with van der Waals surface area (Å²) < 4.78 is 0. The number of aryl methyl sites for hydroxylation is 1. The lowest BCUT2D eigenvalue weighted by Gasteiger charge is -2.25. The summed E-state index contributed by atoms with van der Waals surface area (Å²) in [5, 5.41) is 12.8. The molecule has 1 amide bonds. The second kappa shape index (κ2) is 5.40. The number of hydrogen-bond donors (Lipinski definition) is 2. The average molecular weight is 248 g/mol. The molecule has 4 nitrogen and oxygen atoms in total. The number of carbonyl (C=O) groups excluding carboxylic acids is 1. The molecule has 0 aromatic heterocycles. The maximum atomic E-state index is 12.4. The van der Waals surface area contributed by atoms with Crippen LogP contribution in [0.25, 0.3) is 0 Å². The highest BCUT2D eigenvalue weighted by molar-refractivity contribution is 5.96. The largest absolute Gasteiger partial charge is 0.508 e. The van der Waals surface area contributed by atoms with Crippen molar-refractivity contribution in [3.63, 3.8) is 0 Å². The normalized spacial score (nSPS) is 18.9. The third-order valence-electron chi connectivity index (χ3n) is 3.48. The molecule has 0 spiro atoms. The van der Waals surface area contributed by atoms with Crippen LogP contribution in [0.4, 0.5) is 5.69 Å². The fraction of sp³-hybridized carbons (Fsp3) is 0.500. The number of carbonyl (C=O) groups is 1. The first kappa shape index (κ1) is 12.9. The Hall–Kier alpha value is -1.55. The van der Waals surface area contributed by atoms with Crippen LogP contribution in [0.15, 0.2) is 18.2 Å². The summed E-state index contributed by atoms with van der Waals surface area (Å²) in [5.74, 6) is 0.411. The molecule has 1 heterocycles. The van der Waals surface area contributed by atoms with Crippen LogP contribution in [0.1, 0.15) is 18.9 Å². The quantitative estimate of drug-likeness (QED) is 0.855. The molecule has 4 heteroatoms. The predicted octanol–water partition coefficient (Wildman–Crippen LogP) is 1.66. The third kappa shape index (κ3) is 2.48. The van der Waals surface area contributed by atoms with Crippen molar-refractivity contribution < 1.29 is 9.90 Å². The van der Waals surface area contributed by atoms with Crippen LogP contribution in [-0.4, -0.2) is 30.6 Å². The molecule has 1 aromatic rings. The molecule has 0 saturated carbocycles. The van der Waals surface area contributed by atoms with Crippen molar-refractivity contribution in [2.75, 3.05) is 24.5 Å². The molecule has 1 unspecified atom stereocenters. The molecular weight excluding hydrogens is 228 g/mol. The first-order valence-electron chi connectivity index (χ1n) is 6.45. The van der Waals surface area contributed by atoms with Crippen LogP contribution in [0.5, 0.6) is 5.75 Å². The molecule has 2 N–H and O–H groups in total. The summed E-state index contributed by atoms with van der Waals surface area (Å²) in [6.45, 7) is 6.21. The van der Waals surface area contributed by atoms with Crippen molar-refractivity contribution in [1.29, 1.82) is 0 Å². The topological polar surface area (TPSA) is 52.6 Å².